The second-order valence-electron chi connectivity index (χ2n) is 7.13. The lowest BCUT2D eigenvalue weighted by atomic mass is 9.81. The highest BCUT2D eigenvalue weighted by Gasteiger charge is 2.32. The first-order valence-electron chi connectivity index (χ1n) is 7.34. The maximum absolute atomic E-state index is 13.2. The van der Waals surface area contributed by atoms with E-state index in [0.29, 0.717) is 5.41 Å². The van der Waals surface area contributed by atoms with Crippen LogP contribution in [0.2, 0.25) is 0 Å². The van der Waals surface area contributed by atoms with Crippen LogP contribution in [0.1, 0.15) is 57.1 Å². The minimum absolute atomic E-state index is 0.115. The van der Waals surface area contributed by atoms with Gasteiger partial charge in [-0.3, -0.25) is 0 Å². The third-order valence-corrected chi connectivity index (χ3v) is 4.68. The van der Waals surface area contributed by atoms with Gasteiger partial charge in [-0.15, -0.1) is 0 Å². The van der Waals surface area contributed by atoms with Crippen LogP contribution in [0.5, 0.6) is 0 Å². The van der Waals surface area contributed by atoms with Crippen LogP contribution in [0.15, 0.2) is 18.2 Å². The Hall–Kier alpha value is -0.890. The topological polar surface area (TPSA) is 26.0 Å². The molecule has 0 heterocycles. The summed E-state index contributed by atoms with van der Waals surface area (Å²) in [4.78, 5) is 0. The highest BCUT2D eigenvalue weighted by atomic mass is 19.1. The first kappa shape index (κ1) is 14.5. The molecule has 1 saturated carbocycles. The smallest absolute Gasteiger partial charge is 0.123 e. The van der Waals surface area contributed by atoms with Gasteiger partial charge in [0.1, 0.15) is 5.82 Å². The van der Waals surface area contributed by atoms with Crippen molar-refractivity contribution in [1.82, 2.24) is 0 Å². The average Bonchev–Trinajstić information content (AvgIpc) is 2.43. The summed E-state index contributed by atoms with van der Waals surface area (Å²) in [5.41, 5.74) is 9.15. The van der Waals surface area contributed by atoms with Crippen LogP contribution in [0, 0.1) is 18.2 Å². The maximum Gasteiger partial charge on any atom is 0.123 e. The van der Waals surface area contributed by atoms with Gasteiger partial charge in [-0.05, 0) is 67.7 Å². The zero-order valence-electron chi connectivity index (χ0n) is 12.4. The van der Waals surface area contributed by atoms with Gasteiger partial charge in [-0.1, -0.05) is 26.3 Å². The lowest BCUT2D eigenvalue weighted by Gasteiger charge is -2.30. The van der Waals surface area contributed by atoms with Gasteiger partial charge < -0.3 is 5.73 Å². The van der Waals surface area contributed by atoms with Gasteiger partial charge in [0, 0.05) is 5.54 Å². The quantitative estimate of drug-likeness (QED) is 0.788. The summed E-state index contributed by atoms with van der Waals surface area (Å²) in [6.45, 7) is 6.65. The zero-order chi connectivity index (χ0) is 14.1. The number of benzene rings is 1. The Balaban J connectivity index is 2.12. The minimum atomic E-state index is -0.158. The van der Waals surface area contributed by atoms with Crippen molar-refractivity contribution >= 4 is 0 Å². The molecular weight excluding hydrogens is 237 g/mol. The molecule has 0 saturated heterocycles. The fourth-order valence-electron chi connectivity index (χ4n) is 3.17. The van der Waals surface area contributed by atoms with Crippen LogP contribution in [-0.4, -0.2) is 5.54 Å². The number of nitrogens with two attached hydrogens (primary N) is 1. The standard InChI is InChI=1S/C17H26FN/c1-13-11-15(18)6-5-14(13)12-17(19)8-4-7-16(2,3)9-10-17/h5-6,11H,4,7-10,12,19H2,1-3H3. The second kappa shape index (κ2) is 5.24. The molecule has 2 rings (SSSR count). The van der Waals surface area contributed by atoms with E-state index < -0.39 is 0 Å². The van der Waals surface area contributed by atoms with E-state index in [1.807, 2.05) is 13.0 Å². The number of hydrogen-bond acceptors (Lipinski definition) is 1. The summed E-state index contributed by atoms with van der Waals surface area (Å²) in [6, 6.07) is 5.06. The molecule has 0 spiro atoms. The molecule has 0 aliphatic heterocycles. The molecule has 1 aliphatic carbocycles. The molecule has 2 N–H and O–H groups in total. The highest BCUT2D eigenvalue weighted by molar-refractivity contribution is 5.28. The second-order valence-corrected chi connectivity index (χ2v) is 7.13. The lowest BCUT2D eigenvalue weighted by Crippen LogP contribution is -2.41. The Kier molecular flexibility index (Phi) is 4.00. The van der Waals surface area contributed by atoms with Crippen molar-refractivity contribution in [3.63, 3.8) is 0 Å². The largest absolute Gasteiger partial charge is 0.325 e. The average molecular weight is 263 g/mol. The molecule has 1 aromatic carbocycles. The molecule has 106 valence electrons. The van der Waals surface area contributed by atoms with E-state index in [2.05, 4.69) is 13.8 Å². The van der Waals surface area contributed by atoms with Crippen molar-refractivity contribution in [2.45, 2.75) is 64.8 Å². The fourth-order valence-corrected chi connectivity index (χ4v) is 3.17. The summed E-state index contributed by atoms with van der Waals surface area (Å²) >= 11 is 0. The third kappa shape index (κ3) is 3.79. The molecule has 1 fully saturated rings. The lowest BCUT2D eigenvalue weighted by molar-refractivity contribution is 0.297. The molecule has 1 unspecified atom stereocenters. The fraction of sp³-hybridized carbons (Fsp3) is 0.647. The van der Waals surface area contributed by atoms with Crippen LogP contribution in [-0.2, 0) is 6.42 Å². The van der Waals surface area contributed by atoms with Crippen LogP contribution >= 0.6 is 0 Å². The van der Waals surface area contributed by atoms with E-state index in [9.17, 15) is 4.39 Å². The Morgan fingerprint density at radius 2 is 1.89 bits per heavy atom. The van der Waals surface area contributed by atoms with E-state index in [1.165, 1.54) is 24.8 Å². The van der Waals surface area contributed by atoms with Gasteiger partial charge in [-0.25, -0.2) is 4.39 Å². The molecule has 19 heavy (non-hydrogen) atoms. The van der Waals surface area contributed by atoms with Crippen molar-refractivity contribution in [1.29, 1.82) is 0 Å². The first-order valence-corrected chi connectivity index (χ1v) is 7.34. The van der Waals surface area contributed by atoms with E-state index in [4.69, 9.17) is 5.73 Å². The Morgan fingerprint density at radius 3 is 2.58 bits per heavy atom. The van der Waals surface area contributed by atoms with Gasteiger partial charge in [0.05, 0.1) is 0 Å². The summed E-state index contributed by atoms with van der Waals surface area (Å²) in [7, 11) is 0. The van der Waals surface area contributed by atoms with Crippen molar-refractivity contribution in [3.8, 4) is 0 Å². The van der Waals surface area contributed by atoms with E-state index in [-0.39, 0.29) is 11.4 Å². The molecule has 1 aliphatic rings. The molecule has 1 nitrogen and oxygen atoms in total. The number of aryl methyl sites for hydroxylation is 1. The minimum Gasteiger partial charge on any atom is -0.325 e. The summed E-state index contributed by atoms with van der Waals surface area (Å²) < 4.78 is 13.2. The normalized spacial score (nSPS) is 27.0. The van der Waals surface area contributed by atoms with E-state index in [1.54, 1.807) is 12.1 Å². The van der Waals surface area contributed by atoms with Gasteiger partial charge in [0.15, 0.2) is 0 Å². The van der Waals surface area contributed by atoms with Gasteiger partial charge >= 0.3 is 0 Å². The molecule has 0 amide bonds. The van der Waals surface area contributed by atoms with Crippen LogP contribution in [0.3, 0.4) is 0 Å². The molecule has 0 bridgehead atoms. The van der Waals surface area contributed by atoms with Crippen molar-refractivity contribution in [2.75, 3.05) is 0 Å². The zero-order valence-corrected chi connectivity index (χ0v) is 12.4. The van der Waals surface area contributed by atoms with Crippen molar-refractivity contribution in [3.05, 3.63) is 35.1 Å². The van der Waals surface area contributed by atoms with Gasteiger partial charge in [0.25, 0.3) is 0 Å². The molecule has 1 aromatic rings. The first-order chi connectivity index (χ1) is 8.80. The van der Waals surface area contributed by atoms with Crippen LogP contribution in [0.4, 0.5) is 4.39 Å². The number of hydrogen-bond donors (Lipinski definition) is 1. The summed E-state index contributed by atoms with van der Waals surface area (Å²) in [6.07, 6.45) is 6.65. The van der Waals surface area contributed by atoms with Crippen molar-refractivity contribution in [2.24, 2.45) is 11.1 Å². The third-order valence-electron chi connectivity index (χ3n) is 4.68. The maximum atomic E-state index is 13.2. The summed E-state index contributed by atoms with van der Waals surface area (Å²) in [5.74, 6) is -0.158. The van der Waals surface area contributed by atoms with Gasteiger partial charge in [-0.2, -0.15) is 0 Å². The summed E-state index contributed by atoms with van der Waals surface area (Å²) in [5, 5.41) is 0. The monoisotopic (exact) mass is 263 g/mol. The van der Waals surface area contributed by atoms with E-state index >= 15 is 0 Å². The number of rotatable bonds is 2. The Labute approximate surface area is 116 Å². The Bertz CT molecular complexity index is 453. The predicted octanol–water partition coefficient (Wildman–Crippen LogP) is 4.36. The highest BCUT2D eigenvalue weighted by Crippen LogP contribution is 2.38. The molecule has 0 aromatic heterocycles. The van der Waals surface area contributed by atoms with Crippen LogP contribution in [0.25, 0.3) is 0 Å². The Morgan fingerprint density at radius 1 is 1.16 bits per heavy atom. The molecule has 1 atom stereocenters. The molecular formula is C17H26FN. The van der Waals surface area contributed by atoms with Gasteiger partial charge in [0.2, 0.25) is 0 Å². The van der Waals surface area contributed by atoms with E-state index in [0.717, 1.165) is 24.8 Å². The molecule has 0 radical (unpaired) electrons. The predicted molar refractivity (Wildman–Crippen MR) is 78.6 cm³/mol. The van der Waals surface area contributed by atoms with Crippen molar-refractivity contribution < 1.29 is 4.39 Å². The number of halogens is 1. The molecule has 2 heteroatoms. The SMILES string of the molecule is Cc1cc(F)ccc1CC1(N)CCCC(C)(C)CC1. The van der Waals surface area contributed by atoms with Crippen LogP contribution < -0.4 is 5.73 Å².